The Morgan fingerprint density at radius 3 is 2.40 bits per heavy atom. The Balaban J connectivity index is 1.57. The Labute approximate surface area is 170 Å². The van der Waals surface area contributed by atoms with Gasteiger partial charge in [0.15, 0.2) is 0 Å². The highest BCUT2D eigenvalue weighted by Crippen LogP contribution is 2.34. The third-order valence-corrected chi connectivity index (χ3v) is 5.44. The summed E-state index contributed by atoms with van der Waals surface area (Å²) in [5, 5.41) is 13.2. The van der Waals surface area contributed by atoms with E-state index < -0.39 is 34.2 Å². The molecule has 0 fully saturated rings. The van der Waals surface area contributed by atoms with Crippen molar-refractivity contribution in [3.63, 3.8) is 0 Å². The van der Waals surface area contributed by atoms with Crippen LogP contribution in [0.4, 0.5) is 18.9 Å². The summed E-state index contributed by atoms with van der Waals surface area (Å²) in [6, 6.07) is 8.29. The van der Waals surface area contributed by atoms with Crippen molar-refractivity contribution in [3.05, 3.63) is 80.3 Å². The maximum absolute atomic E-state index is 12.7. The van der Waals surface area contributed by atoms with E-state index in [0.717, 1.165) is 34.4 Å². The van der Waals surface area contributed by atoms with Gasteiger partial charge in [-0.2, -0.15) is 13.2 Å². The van der Waals surface area contributed by atoms with E-state index in [4.69, 9.17) is 0 Å². The summed E-state index contributed by atoms with van der Waals surface area (Å²) in [5.41, 5.74) is -0.741. The first-order valence-corrected chi connectivity index (χ1v) is 9.30. The van der Waals surface area contributed by atoms with Gasteiger partial charge in [-0.3, -0.25) is 24.6 Å². The van der Waals surface area contributed by atoms with Crippen molar-refractivity contribution in [3.8, 4) is 10.6 Å². The van der Waals surface area contributed by atoms with Gasteiger partial charge in [0, 0.05) is 17.0 Å². The third-order valence-electron chi connectivity index (χ3n) is 4.50. The quantitative estimate of drug-likeness (QED) is 0.342. The predicted octanol–water partition coefficient (Wildman–Crippen LogP) is 4.53. The van der Waals surface area contributed by atoms with Crippen LogP contribution in [0.2, 0.25) is 0 Å². The van der Waals surface area contributed by atoms with Gasteiger partial charge in [-0.25, -0.2) is 4.98 Å². The number of hydrogen-bond donors (Lipinski definition) is 0. The fourth-order valence-electron chi connectivity index (χ4n) is 3.09. The molecule has 3 aromatic rings. The zero-order valence-electron chi connectivity index (χ0n) is 14.8. The molecule has 152 valence electrons. The summed E-state index contributed by atoms with van der Waals surface area (Å²) < 4.78 is 38.1. The van der Waals surface area contributed by atoms with Crippen LogP contribution in [0.3, 0.4) is 0 Å². The number of halogens is 3. The standard InChI is InChI=1S/C19H10F3N3O4S/c20-19(21,22)11-6-4-10(5-7-11)16-23-12(9-30-16)8-24-17(26)13-2-1-3-14(25(28)29)15(13)18(24)27/h1-7,9H,8H2. The van der Waals surface area contributed by atoms with Gasteiger partial charge in [0.2, 0.25) is 0 Å². The molecule has 0 atom stereocenters. The van der Waals surface area contributed by atoms with Gasteiger partial charge < -0.3 is 0 Å². The molecule has 1 aromatic heterocycles. The molecule has 1 aliphatic rings. The van der Waals surface area contributed by atoms with Crippen molar-refractivity contribution in [2.75, 3.05) is 0 Å². The lowest BCUT2D eigenvalue weighted by atomic mass is 10.1. The molecule has 30 heavy (non-hydrogen) atoms. The molecule has 0 unspecified atom stereocenters. The maximum Gasteiger partial charge on any atom is 0.416 e. The summed E-state index contributed by atoms with van der Waals surface area (Å²) in [6.45, 7) is -0.208. The molecule has 1 aliphatic heterocycles. The zero-order valence-corrected chi connectivity index (χ0v) is 15.7. The van der Waals surface area contributed by atoms with E-state index in [9.17, 15) is 32.9 Å². The fraction of sp³-hybridized carbons (Fsp3) is 0.105. The average Bonchev–Trinajstić information content (AvgIpc) is 3.27. The summed E-state index contributed by atoms with van der Waals surface area (Å²) in [4.78, 5) is 40.8. The Bertz CT molecular complexity index is 1190. The molecule has 7 nitrogen and oxygen atoms in total. The van der Waals surface area contributed by atoms with Crippen LogP contribution in [0.15, 0.2) is 47.8 Å². The zero-order chi connectivity index (χ0) is 21.6. The molecule has 0 saturated carbocycles. The first kappa shape index (κ1) is 19.7. The van der Waals surface area contributed by atoms with Gasteiger partial charge >= 0.3 is 6.18 Å². The Morgan fingerprint density at radius 2 is 1.77 bits per heavy atom. The number of nitrogens with zero attached hydrogens (tertiary/aromatic N) is 3. The minimum absolute atomic E-state index is 0.0487. The second-order valence-corrected chi connectivity index (χ2v) is 7.23. The van der Waals surface area contributed by atoms with Gasteiger partial charge in [-0.15, -0.1) is 11.3 Å². The van der Waals surface area contributed by atoms with Crippen LogP contribution in [-0.4, -0.2) is 26.6 Å². The number of nitro benzene ring substituents is 1. The van der Waals surface area contributed by atoms with Crippen molar-refractivity contribution in [2.45, 2.75) is 12.7 Å². The highest BCUT2D eigenvalue weighted by atomic mass is 32.1. The first-order chi connectivity index (χ1) is 14.2. The molecule has 0 saturated heterocycles. The van der Waals surface area contributed by atoms with Gasteiger partial charge in [-0.05, 0) is 18.2 Å². The van der Waals surface area contributed by atoms with Crippen LogP contribution in [0.25, 0.3) is 10.6 Å². The normalized spacial score (nSPS) is 13.6. The van der Waals surface area contributed by atoms with Crippen LogP contribution < -0.4 is 0 Å². The largest absolute Gasteiger partial charge is 0.416 e. The summed E-state index contributed by atoms with van der Waals surface area (Å²) in [6.07, 6.45) is -4.44. The molecule has 0 radical (unpaired) electrons. The number of benzene rings is 2. The number of hydrogen-bond acceptors (Lipinski definition) is 6. The van der Waals surface area contributed by atoms with Gasteiger partial charge in [0.1, 0.15) is 10.6 Å². The van der Waals surface area contributed by atoms with E-state index in [1.54, 1.807) is 5.38 Å². The number of carbonyl (C=O) groups is 2. The van der Waals surface area contributed by atoms with Gasteiger partial charge in [0.25, 0.3) is 17.5 Å². The van der Waals surface area contributed by atoms with E-state index in [1.807, 2.05) is 0 Å². The van der Waals surface area contributed by atoms with Crippen LogP contribution in [-0.2, 0) is 12.7 Å². The topological polar surface area (TPSA) is 93.4 Å². The minimum atomic E-state index is -4.44. The second kappa shape index (κ2) is 7.02. The van der Waals surface area contributed by atoms with Crippen molar-refractivity contribution < 1.29 is 27.7 Å². The van der Waals surface area contributed by atoms with Crippen LogP contribution >= 0.6 is 11.3 Å². The van der Waals surface area contributed by atoms with Crippen molar-refractivity contribution in [1.82, 2.24) is 9.88 Å². The van der Waals surface area contributed by atoms with E-state index >= 15 is 0 Å². The first-order valence-electron chi connectivity index (χ1n) is 8.42. The predicted molar refractivity (Wildman–Crippen MR) is 99.9 cm³/mol. The maximum atomic E-state index is 12.7. The summed E-state index contributed by atoms with van der Waals surface area (Å²) in [5.74, 6) is -1.45. The van der Waals surface area contributed by atoms with Crippen LogP contribution in [0.5, 0.6) is 0 Å². The molecular weight excluding hydrogens is 423 g/mol. The summed E-state index contributed by atoms with van der Waals surface area (Å²) >= 11 is 1.14. The second-order valence-electron chi connectivity index (χ2n) is 6.37. The number of rotatable bonds is 4. The molecule has 0 spiro atoms. The number of nitro groups is 1. The number of imide groups is 1. The fourth-order valence-corrected chi connectivity index (χ4v) is 3.90. The Kier molecular flexibility index (Phi) is 4.61. The number of thiazole rings is 1. The van der Waals surface area contributed by atoms with Crippen molar-refractivity contribution >= 4 is 28.8 Å². The SMILES string of the molecule is O=C1c2cccc([N+](=O)[O-])c2C(=O)N1Cc1csc(-c2ccc(C(F)(F)F)cc2)n1. The van der Waals surface area contributed by atoms with Crippen LogP contribution in [0.1, 0.15) is 32.0 Å². The van der Waals surface area contributed by atoms with Crippen LogP contribution in [0, 0.1) is 10.1 Å². The van der Waals surface area contributed by atoms with E-state index in [-0.39, 0.29) is 17.7 Å². The molecule has 2 amide bonds. The Hall–Kier alpha value is -3.60. The number of fused-ring (bicyclic) bond motifs is 1. The average molecular weight is 433 g/mol. The highest BCUT2D eigenvalue weighted by Gasteiger charge is 2.41. The lowest BCUT2D eigenvalue weighted by Gasteiger charge is -2.11. The molecular formula is C19H10F3N3O4S. The van der Waals surface area contributed by atoms with Gasteiger partial charge in [0.05, 0.1) is 28.3 Å². The Morgan fingerprint density at radius 1 is 1.07 bits per heavy atom. The molecule has 0 N–H and O–H groups in total. The molecule has 11 heteroatoms. The lowest BCUT2D eigenvalue weighted by Crippen LogP contribution is -2.29. The lowest BCUT2D eigenvalue weighted by molar-refractivity contribution is -0.385. The van der Waals surface area contributed by atoms with E-state index in [0.29, 0.717) is 16.3 Å². The number of carbonyl (C=O) groups excluding carboxylic acids is 2. The molecule has 0 aliphatic carbocycles. The van der Waals surface area contributed by atoms with Crippen molar-refractivity contribution in [1.29, 1.82) is 0 Å². The highest BCUT2D eigenvalue weighted by molar-refractivity contribution is 7.13. The third kappa shape index (κ3) is 3.32. The number of alkyl halides is 3. The number of amides is 2. The molecule has 4 rings (SSSR count). The summed E-state index contributed by atoms with van der Waals surface area (Å²) in [7, 11) is 0. The monoisotopic (exact) mass is 433 g/mol. The van der Waals surface area contributed by atoms with E-state index in [1.165, 1.54) is 24.3 Å². The smallest absolute Gasteiger partial charge is 0.269 e. The molecule has 2 heterocycles. The van der Waals surface area contributed by atoms with E-state index in [2.05, 4.69) is 4.98 Å². The minimum Gasteiger partial charge on any atom is -0.269 e. The molecule has 2 aromatic carbocycles. The molecule has 0 bridgehead atoms. The van der Waals surface area contributed by atoms with Crippen molar-refractivity contribution in [2.24, 2.45) is 0 Å². The number of aromatic nitrogens is 1. The van der Waals surface area contributed by atoms with Gasteiger partial charge in [-0.1, -0.05) is 18.2 Å².